The highest BCUT2D eigenvalue weighted by Crippen LogP contribution is 2.44. The van der Waals surface area contributed by atoms with Gasteiger partial charge >= 0.3 is 0 Å². The van der Waals surface area contributed by atoms with Crippen LogP contribution in [0.25, 0.3) is 0 Å². The molecule has 2 N–H and O–H groups in total. The Bertz CT molecular complexity index is 97.2. The summed E-state index contributed by atoms with van der Waals surface area (Å²) in [7, 11) is 1.20. The van der Waals surface area contributed by atoms with Crippen LogP contribution >= 0.6 is 16.7 Å². The molecule has 9 heavy (non-hydrogen) atoms. The number of rotatable bonds is 1. The van der Waals surface area contributed by atoms with E-state index < -0.39 is 8.07 Å². The summed E-state index contributed by atoms with van der Waals surface area (Å²) in [5.41, 5.74) is 3.33. The lowest BCUT2D eigenvalue weighted by Crippen LogP contribution is -2.45. The molecule has 1 aliphatic rings. The average Bonchev–Trinajstić information content (AvgIpc) is 2.08. The summed E-state index contributed by atoms with van der Waals surface area (Å²) in [5, 5.41) is 4.03. The predicted octanol–water partition coefficient (Wildman–Crippen LogP) is 1.48. The Hall–Kier alpha value is 0.997. The first-order valence-corrected chi connectivity index (χ1v) is 9.77. The van der Waals surface area contributed by atoms with Crippen LogP contribution in [0.1, 0.15) is 0 Å². The van der Waals surface area contributed by atoms with Crippen LogP contribution in [0.5, 0.6) is 0 Å². The smallest absolute Gasteiger partial charge is 0.0709 e. The van der Waals surface area contributed by atoms with Crippen molar-refractivity contribution in [2.45, 2.75) is 25.0 Å². The van der Waals surface area contributed by atoms with Crippen molar-refractivity contribution in [3.63, 3.8) is 0 Å². The highest BCUT2D eigenvalue weighted by atomic mass is 32.0. The maximum absolute atomic E-state index is 3.33. The minimum atomic E-state index is -0.878. The lowest BCUT2D eigenvalue weighted by atomic mass is 11.4. The molecule has 54 valence electrons. The van der Waals surface area contributed by atoms with E-state index in [4.69, 9.17) is 0 Å². The van der Waals surface area contributed by atoms with Crippen LogP contribution in [-0.2, 0) is 0 Å². The molecule has 0 amide bonds. The van der Waals surface area contributed by atoms with Crippen LogP contribution < -0.4 is 10.6 Å². The minimum Gasteiger partial charge on any atom is -0.250 e. The maximum Gasteiger partial charge on any atom is 0.0709 e. The van der Waals surface area contributed by atoms with Crippen LogP contribution in [0.3, 0.4) is 0 Å². The first-order chi connectivity index (χ1) is 4.11. The van der Waals surface area contributed by atoms with Crippen LogP contribution in [-0.4, -0.2) is 13.5 Å². The summed E-state index contributed by atoms with van der Waals surface area (Å²) in [6, 6.07) is 0. The fourth-order valence-corrected chi connectivity index (χ4v) is 9.42. The minimum absolute atomic E-state index is 0.829. The van der Waals surface area contributed by atoms with Crippen molar-refractivity contribution < 1.29 is 0 Å². The summed E-state index contributed by atoms with van der Waals surface area (Å²) in [4.78, 5) is 0. The standard InChI is InChI=1S/C4H14N2P2Si/c1-9(2,3)4-5-6-8-7-4/h4-8H,1-3H3. The molecular weight excluding hydrogens is 166 g/mol. The van der Waals surface area contributed by atoms with E-state index in [0.717, 1.165) is 22.1 Å². The molecule has 0 aliphatic carbocycles. The van der Waals surface area contributed by atoms with Gasteiger partial charge in [0, 0.05) is 5.41 Å². The van der Waals surface area contributed by atoms with E-state index in [0.29, 0.717) is 0 Å². The zero-order valence-corrected chi connectivity index (χ0v) is 9.08. The Morgan fingerprint density at radius 2 is 2.00 bits per heavy atom. The zero-order chi connectivity index (χ0) is 6.91. The molecule has 0 saturated carbocycles. The van der Waals surface area contributed by atoms with Crippen molar-refractivity contribution in [3.05, 3.63) is 0 Å². The van der Waals surface area contributed by atoms with Gasteiger partial charge in [-0.25, -0.2) is 10.6 Å². The average molecular weight is 180 g/mol. The quantitative estimate of drug-likeness (QED) is 0.472. The molecule has 1 heterocycles. The van der Waals surface area contributed by atoms with Gasteiger partial charge in [0.05, 0.1) is 8.07 Å². The molecule has 1 fully saturated rings. The van der Waals surface area contributed by atoms with E-state index in [1.807, 2.05) is 0 Å². The molecule has 2 nitrogen and oxygen atoms in total. The molecule has 3 unspecified atom stereocenters. The Kier molecular flexibility index (Phi) is 2.64. The lowest BCUT2D eigenvalue weighted by Gasteiger charge is -2.22. The largest absolute Gasteiger partial charge is 0.250 e. The van der Waals surface area contributed by atoms with Crippen molar-refractivity contribution in [3.8, 4) is 0 Å². The second-order valence-electron chi connectivity index (χ2n) is 3.34. The Labute approximate surface area is 61.1 Å². The first kappa shape index (κ1) is 8.10. The fourth-order valence-electron chi connectivity index (χ4n) is 0.686. The van der Waals surface area contributed by atoms with Gasteiger partial charge in [-0.1, -0.05) is 27.9 Å². The number of hydrogen-bond donors (Lipinski definition) is 2. The van der Waals surface area contributed by atoms with Crippen LogP contribution in [0.4, 0.5) is 0 Å². The normalized spacial score (nSPS) is 34.3. The Balaban J connectivity index is 2.42. The maximum atomic E-state index is 3.33. The van der Waals surface area contributed by atoms with Crippen molar-refractivity contribution in [2.75, 3.05) is 0 Å². The topological polar surface area (TPSA) is 24.1 Å². The summed E-state index contributed by atoms with van der Waals surface area (Å²) >= 11 is 0. The molecule has 0 bridgehead atoms. The molecule has 5 heteroatoms. The summed E-state index contributed by atoms with van der Waals surface area (Å²) < 4.78 is 0. The third-order valence-electron chi connectivity index (χ3n) is 1.36. The second-order valence-corrected chi connectivity index (χ2v) is 12.2. The van der Waals surface area contributed by atoms with Crippen LogP contribution in [0.2, 0.25) is 19.6 Å². The van der Waals surface area contributed by atoms with E-state index in [2.05, 4.69) is 30.3 Å². The van der Waals surface area contributed by atoms with Gasteiger partial charge in [-0.15, -0.1) is 0 Å². The molecule has 3 atom stereocenters. The zero-order valence-electron chi connectivity index (χ0n) is 6.08. The van der Waals surface area contributed by atoms with E-state index in [9.17, 15) is 0 Å². The molecule has 1 rings (SSSR count). The first-order valence-electron chi connectivity index (χ1n) is 3.12. The van der Waals surface area contributed by atoms with Gasteiger partial charge < -0.3 is 0 Å². The Morgan fingerprint density at radius 3 is 2.22 bits per heavy atom. The van der Waals surface area contributed by atoms with Gasteiger partial charge in [-0.05, 0) is 8.42 Å². The van der Waals surface area contributed by atoms with Gasteiger partial charge in [0.1, 0.15) is 0 Å². The van der Waals surface area contributed by atoms with Gasteiger partial charge in [0.2, 0.25) is 0 Å². The van der Waals surface area contributed by atoms with Gasteiger partial charge in [0.25, 0.3) is 0 Å². The second kappa shape index (κ2) is 2.94. The third-order valence-corrected chi connectivity index (χ3v) is 9.66. The fraction of sp³-hybridized carbons (Fsp3) is 1.00. The molecule has 0 radical (unpaired) electrons. The predicted molar refractivity (Wildman–Crippen MR) is 50.0 cm³/mol. The SMILES string of the molecule is C[Si](C)(C)C1NNPP1. The number of hydrazine groups is 1. The van der Waals surface area contributed by atoms with E-state index in [1.54, 1.807) is 0 Å². The number of nitrogens with one attached hydrogen (secondary N) is 2. The van der Waals surface area contributed by atoms with Gasteiger partial charge in [-0.3, -0.25) is 0 Å². The van der Waals surface area contributed by atoms with Crippen LogP contribution in [0.15, 0.2) is 0 Å². The molecule has 0 aromatic carbocycles. The lowest BCUT2D eigenvalue weighted by molar-refractivity contribution is 0.750. The van der Waals surface area contributed by atoms with Crippen molar-refractivity contribution >= 4 is 24.8 Å². The molecular formula is C4H14N2P2Si. The summed E-state index contributed by atoms with van der Waals surface area (Å²) in [5.74, 6) is 0. The monoisotopic (exact) mass is 180 g/mol. The van der Waals surface area contributed by atoms with Gasteiger partial charge in [0.15, 0.2) is 0 Å². The molecule has 0 aromatic heterocycles. The molecule has 1 saturated heterocycles. The highest BCUT2D eigenvalue weighted by Gasteiger charge is 2.28. The summed E-state index contributed by atoms with van der Waals surface area (Å²) in [6.45, 7) is 7.24. The third kappa shape index (κ3) is 2.25. The highest BCUT2D eigenvalue weighted by molar-refractivity contribution is 8.12. The van der Waals surface area contributed by atoms with Crippen molar-refractivity contribution in [1.29, 1.82) is 0 Å². The molecule has 1 aliphatic heterocycles. The molecule has 0 aromatic rings. The van der Waals surface area contributed by atoms with Crippen molar-refractivity contribution in [1.82, 2.24) is 10.6 Å². The van der Waals surface area contributed by atoms with E-state index >= 15 is 0 Å². The van der Waals surface area contributed by atoms with Crippen LogP contribution in [0, 0.1) is 0 Å². The summed E-state index contributed by atoms with van der Waals surface area (Å²) in [6.07, 6.45) is 0. The van der Waals surface area contributed by atoms with E-state index in [1.165, 1.54) is 0 Å². The van der Waals surface area contributed by atoms with Gasteiger partial charge in [-0.2, -0.15) is 0 Å². The Morgan fingerprint density at radius 1 is 1.33 bits per heavy atom. The number of hydrogen-bond acceptors (Lipinski definition) is 2. The van der Waals surface area contributed by atoms with Crippen molar-refractivity contribution in [2.24, 2.45) is 0 Å². The molecule has 0 spiro atoms. The van der Waals surface area contributed by atoms with E-state index in [-0.39, 0.29) is 0 Å².